The topological polar surface area (TPSA) is 0 Å². The molecule has 0 N–H and O–H groups in total. The molecule has 1 aromatic carbocycles. The molecule has 13 heavy (non-hydrogen) atoms. The summed E-state index contributed by atoms with van der Waals surface area (Å²) in [6, 6.07) is 6.74. The minimum absolute atomic E-state index is 1.13. The average Bonchev–Trinajstić information content (AvgIpc) is 2.48. The van der Waals surface area contributed by atoms with Gasteiger partial charge in [0.05, 0.1) is 8.07 Å². The molecule has 1 aliphatic carbocycles. The van der Waals surface area contributed by atoms with Gasteiger partial charge in [-0.15, -0.1) is 0 Å². The lowest BCUT2D eigenvalue weighted by Gasteiger charge is -2.20. The van der Waals surface area contributed by atoms with Crippen molar-refractivity contribution < 1.29 is 0 Å². The van der Waals surface area contributed by atoms with Crippen LogP contribution in [0.4, 0.5) is 0 Å². The van der Waals surface area contributed by atoms with Crippen LogP contribution in [0.2, 0.25) is 19.6 Å². The number of rotatable bonds is 1. The second-order valence-corrected chi connectivity index (χ2v) is 9.77. The fourth-order valence-electron chi connectivity index (χ4n) is 2.00. The molecule has 1 heteroatoms. The summed E-state index contributed by atoms with van der Waals surface area (Å²) in [5, 5.41) is 1.63. The van der Waals surface area contributed by atoms with Crippen molar-refractivity contribution in [3.63, 3.8) is 0 Å². The second kappa shape index (κ2) is 2.84. The van der Waals surface area contributed by atoms with Crippen LogP contribution in [-0.2, 0) is 6.42 Å². The Morgan fingerprint density at radius 1 is 1.15 bits per heavy atom. The molecule has 0 amide bonds. The Hall–Kier alpha value is -0.823. The average molecular weight is 188 g/mol. The predicted molar refractivity (Wildman–Crippen MR) is 62.2 cm³/mol. The SMILES string of the molecule is C[Si](C)(C)c1cccc2c1CC=C2. The summed E-state index contributed by atoms with van der Waals surface area (Å²) < 4.78 is 0. The minimum Gasteiger partial charge on any atom is -0.0795 e. The van der Waals surface area contributed by atoms with Gasteiger partial charge in [-0.2, -0.15) is 0 Å². The maximum absolute atomic E-state index is 2.42. The van der Waals surface area contributed by atoms with Crippen LogP contribution in [-0.4, -0.2) is 8.07 Å². The number of hydrogen-bond donors (Lipinski definition) is 0. The molecule has 0 atom stereocenters. The van der Waals surface area contributed by atoms with Crippen LogP contribution in [0.3, 0.4) is 0 Å². The Morgan fingerprint density at radius 2 is 1.92 bits per heavy atom. The van der Waals surface area contributed by atoms with E-state index in [0.717, 1.165) is 6.42 Å². The van der Waals surface area contributed by atoms with Crippen molar-refractivity contribution >= 4 is 19.3 Å². The van der Waals surface area contributed by atoms with E-state index in [4.69, 9.17) is 0 Å². The van der Waals surface area contributed by atoms with Crippen molar-refractivity contribution in [1.82, 2.24) is 0 Å². The zero-order valence-electron chi connectivity index (χ0n) is 8.59. The molecular weight excluding hydrogens is 172 g/mol. The normalized spacial score (nSPS) is 14.7. The molecule has 0 saturated heterocycles. The molecule has 0 saturated carbocycles. The summed E-state index contributed by atoms with van der Waals surface area (Å²) in [5.41, 5.74) is 3.03. The molecule has 0 unspecified atom stereocenters. The Labute approximate surface area is 81.3 Å². The molecule has 0 nitrogen and oxygen atoms in total. The van der Waals surface area contributed by atoms with E-state index in [1.54, 1.807) is 10.8 Å². The summed E-state index contributed by atoms with van der Waals surface area (Å²) in [4.78, 5) is 0. The monoisotopic (exact) mass is 188 g/mol. The first kappa shape index (κ1) is 8.76. The lowest BCUT2D eigenvalue weighted by molar-refractivity contribution is 1.33. The number of benzene rings is 1. The Bertz CT molecular complexity index is 356. The smallest absolute Gasteiger partial charge is 0.0779 e. The van der Waals surface area contributed by atoms with Gasteiger partial charge in [-0.05, 0) is 17.5 Å². The highest BCUT2D eigenvalue weighted by molar-refractivity contribution is 6.89. The summed E-state index contributed by atoms with van der Waals surface area (Å²) in [6.07, 6.45) is 5.67. The van der Waals surface area contributed by atoms with Gasteiger partial charge in [0.2, 0.25) is 0 Å². The first-order valence-electron chi connectivity index (χ1n) is 4.88. The zero-order valence-corrected chi connectivity index (χ0v) is 9.59. The first-order chi connectivity index (χ1) is 6.09. The highest BCUT2D eigenvalue weighted by Crippen LogP contribution is 2.19. The van der Waals surface area contributed by atoms with Crippen LogP contribution in [0, 0.1) is 0 Å². The second-order valence-electron chi connectivity index (χ2n) is 4.73. The van der Waals surface area contributed by atoms with Crippen LogP contribution in [0.1, 0.15) is 11.1 Å². The van der Waals surface area contributed by atoms with Gasteiger partial charge in [0.15, 0.2) is 0 Å². The van der Waals surface area contributed by atoms with Crippen LogP contribution >= 0.6 is 0 Å². The summed E-state index contributed by atoms with van der Waals surface area (Å²) >= 11 is 0. The van der Waals surface area contributed by atoms with Crippen molar-refractivity contribution in [3.05, 3.63) is 35.4 Å². The molecule has 1 aromatic rings. The van der Waals surface area contributed by atoms with E-state index in [0.29, 0.717) is 0 Å². The van der Waals surface area contributed by atoms with Crippen LogP contribution in [0.5, 0.6) is 0 Å². The van der Waals surface area contributed by atoms with Crippen molar-refractivity contribution in [2.75, 3.05) is 0 Å². The van der Waals surface area contributed by atoms with Gasteiger partial charge in [0, 0.05) is 0 Å². The number of allylic oxidation sites excluding steroid dienone is 1. The van der Waals surface area contributed by atoms with Crippen LogP contribution < -0.4 is 5.19 Å². The molecule has 0 fully saturated rings. The van der Waals surface area contributed by atoms with Crippen LogP contribution in [0.15, 0.2) is 24.3 Å². The lowest BCUT2D eigenvalue weighted by atomic mass is 10.1. The highest BCUT2D eigenvalue weighted by Gasteiger charge is 2.21. The summed E-state index contributed by atoms with van der Waals surface area (Å²) in [7, 11) is -1.13. The lowest BCUT2D eigenvalue weighted by Crippen LogP contribution is -2.40. The molecule has 0 aliphatic heterocycles. The van der Waals surface area contributed by atoms with Gasteiger partial charge in [0.1, 0.15) is 0 Å². The third-order valence-corrected chi connectivity index (χ3v) is 4.72. The molecule has 68 valence electrons. The summed E-state index contributed by atoms with van der Waals surface area (Å²) in [6.45, 7) is 7.25. The van der Waals surface area contributed by atoms with E-state index >= 15 is 0 Å². The number of fused-ring (bicyclic) bond motifs is 1. The quantitative estimate of drug-likeness (QED) is 0.595. The number of hydrogen-bond acceptors (Lipinski definition) is 0. The van der Waals surface area contributed by atoms with Crippen molar-refractivity contribution in [2.45, 2.75) is 26.1 Å². The van der Waals surface area contributed by atoms with Crippen molar-refractivity contribution in [1.29, 1.82) is 0 Å². The first-order valence-corrected chi connectivity index (χ1v) is 8.38. The summed E-state index contributed by atoms with van der Waals surface area (Å²) in [5.74, 6) is 0. The van der Waals surface area contributed by atoms with Gasteiger partial charge in [-0.1, -0.05) is 55.2 Å². The maximum atomic E-state index is 2.42. The maximum Gasteiger partial charge on any atom is 0.0779 e. The van der Waals surface area contributed by atoms with E-state index in [1.807, 2.05) is 0 Å². The van der Waals surface area contributed by atoms with Crippen LogP contribution in [0.25, 0.3) is 6.08 Å². The van der Waals surface area contributed by atoms with E-state index in [-0.39, 0.29) is 0 Å². The molecule has 0 bridgehead atoms. The molecule has 2 rings (SSSR count). The Balaban J connectivity index is 2.57. The molecule has 0 heterocycles. The molecular formula is C12H16Si. The third kappa shape index (κ3) is 1.48. The van der Waals surface area contributed by atoms with E-state index in [9.17, 15) is 0 Å². The fourth-order valence-corrected chi connectivity index (χ4v) is 3.74. The minimum atomic E-state index is -1.13. The van der Waals surface area contributed by atoms with E-state index in [2.05, 4.69) is 50.0 Å². The standard InChI is InChI=1S/C12H16Si/c1-13(2,3)12-9-5-7-10-6-4-8-11(10)12/h4-7,9H,8H2,1-3H3. The fraction of sp³-hybridized carbons (Fsp3) is 0.333. The van der Waals surface area contributed by atoms with Gasteiger partial charge in [-0.25, -0.2) is 0 Å². The van der Waals surface area contributed by atoms with E-state index in [1.165, 1.54) is 5.56 Å². The van der Waals surface area contributed by atoms with E-state index < -0.39 is 8.07 Å². The molecule has 0 aromatic heterocycles. The van der Waals surface area contributed by atoms with Gasteiger partial charge in [0.25, 0.3) is 0 Å². The predicted octanol–water partition coefficient (Wildman–Crippen LogP) is 2.80. The zero-order chi connectivity index (χ0) is 9.47. The van der Waals surface area contributed by atoms with Gasteiger partial charge < -0.3 is 0 Å². The van der Waals surface area contributed by atoms with Crippen molar-refractivity contribution in [3.8, 4) is 0 Å². The van der Waals surface area contributed by atoms with Gasteiger partial charge in [-0.3, -0.25) is 0 Å². The Kier molecular flexibility index (Phi) is 1.92. The Morgan fingerprint density at radius 3 is 2.62 bits per heavy atom. The largest absolute Gasteiger partial charge is 0.0795 e. The highest BCUT2D eigenvalue weighted by atomic mass is 28.3. The molecule has 0 spiro atoms. The molecule has 0 radical (unpaired) electrons. The third-order valence-electron chi connectivity index (χ3n) is 2.64. The van der Waals surface area contributed by atoms with Crippen molar-refractivity contribution in [2.24, 2.45) is 0 Å². The van der Waals surface area contributed by atoms with Gasteiger partial charge >= 0.3 is 0 Å². The molecule has 1 aliphatic rings.